The van der Waals surface area contributed by atoms with Crippen molar-refractivity contribution in [2.75, 3.05) is 29.9 Å². The Hall–Kier alpha value is -4.97. The second kappa shape index (κ2) is 11.9. The van der Waals surface area contributed by atoms with Crippen LogP contribution in [0.25, 0.3) is 38.8 Å². The molecule has 5 heterocycles. The number of fused-ring (bicyclic) bond motifs is 6. The Kier molecular flexibility index (Phi) is 7.89. The van der Waals surface area contributed by atoms with Crippen molar-refractivity contribution < 1.29 is 13.6 Å². The quantitative estimate of drug-likeness (QED) is 0.208. The molecule has 0 spiro atoms. The van der Waals surface area contributed by atoms with Crippen LogP contribution in [0.15, 0.2) is 51.2 Å². The summed E-state index contributed by atoms with van der Waals surface area (Å²) in [4.78, 5) is 55.7. The van der Waals surface area contributed by atoms with Gasteiger partial charge in [0.15, 0.2) is 11.4 Å². The number of hydrogen-bond donors (Lipinski definition) is 2. The van der Waals surface area contributed by atoms with Gasteiger partial charge in [-0.05, 0) is 49.5 Å². The number of aromatic nitrogens is 4. The number of amides is 1. The van der Waals surface area contributed by atoms with Crippen LogP contribution in [0.2, 0.25) is 5.02 Å². The number of carbonyl (C=O) groups excluding carboxylic acids is 1. The van der Waals surface area contributed by atoms with Gasteiger partial charge in [0.2, 0.25) is 5.91 Å². The number of aryl methyl sites for hydroxylation is 1. The van der Waals surface area contributed by atoms with Crippen molar-refractivity contribution in [1.29, 1.82) is 0 Å². The molecule has 254 valence electrons. The highest BCUT2D eigenvalue weighted by Gasteiger charge is 2.40. The number of pyridine rings is 1. The molecule has 2 N–H and O–H groups in total. The predicted octanol–water partition coefficient (Wildman–Crippen LogP) is 6.25. The highest BCUT2D eigenvalue weighted by molar-refractivity contribution is 6.35. The number of halogens is 2. The van der Waals surface area contributed by atoms with Crippen LogP contribution in [0, 0.1) is 12.7 Å². The van der Waals surface area contributed by atoms with Crippen molar-refractivity contribution in [3.05, 3.63) is 85.9 Å². The van der Waals surface area contributed by atoms with E-state index >= 15 is 4.39 Å². The lowest BCUT2D eigenvalue weighted by Gasteiger charge is -2.49. The molecule has 2 unspecified atom stereocenters. The van der Waals surface area contributed by atoms with Gasteiger partial charge in [0.1, 0.15) is 12.0 Å². The number of oxazole rings is 1. The first-order valence-electron chi connectivity index (χ1n) is 16.4. The number of rotatable bonds is 5. The first-order chi connectivity index (χ1) is 23.3. The van der Waals surface area contributed by atoms with Gasteiger partial charge >= 0.3 is 5.76 Å². The van der Waals surface area contributed by atoms with Gasteiger partial charge in [-0.15, -0.1) is 0 Å². The third-order valence-electron chi connectivity index (χ3n) is 9.67. The fourth-order valence-electron chi connectivity index (χ4n) is 7.39. The smallest absolute Gasteiger partial charge is 0.407 e. The fraction of sp³-hybridized carbons (Fsp3) is 0.361. The fourth-order valence-corrected chi connectivity index (χ4v) is 7.68. The van der Waals surface area contributed by atoms with Crippen LogP contribution in [0.5, 0.6) is 0 Å². The van der Waals surface area contributed by atoms with E-state index in [-0.39, 0.29) is 51.5 Å². The maximum atomic E-state index is 17.9. The molecule has 1 amide bonds. The van der Waals surface area contributed by atoms with Crippen molar-refractivity contribution in [1.82, 2.24) is 24.4 Å². The summed E-state index contributed by atoms with van der Waals surface area (Å²) >= 11 is 7.07. The Morgan fingerprint density at radius 3 is 2.45 bits per heavy atom. The molecule has 11 nitrogen and oxygen atoms in total. The van der Waals surface area contributed by atoms with Gasteiger partial charge in [-0.3, -0.25) is 19.1 Å². The van der Waals surface area contributed by atoms with Crippen molar-refractivity contribution in [3.8, 4) is 16.8 Å². The maximum absolute atomic E-state index is 17.9. The number of nitrogens with one attached hydrogen (secondary N) is 2. The SMILES string of the molecule is C=CC(=O)N1CC2CNc3c(c4cc(Cl)c(-c5c(C)ccc6[nH]c(=O)oc56)c(F)c4n(-c4c(C(C)C)ncnc4C(C)C)c3=O)N2CC1C. The largest absolute Gasteiger partial charge is 0.417 e. The summed E-state index contributed by atoms with van der Waals surface area (Å²) in [6.07, 6.45) is 2.78. The summed E-state index contributed by atoms with van der Waals surface area (Å²) in [5, 5.41) is 3.82. The minimum absolute atomic E-state index is 0.00255. The molecule has 0 bridgehead atoms. The number of hydrogen-bond acceptors (Lipinski definition) is 8. The third-order valence-corrected chi connectivity index (χ3v) is 9.97. The molecule has 2 atom stereocenters. The zero-order chi connectivity index (χ0) is 35.0. The van der Waals surface area contributed by atoms with Crippen LogP contribution in [0.1, 0.15) is 63.4 Å². The molecule has 5 aromatic rings. The van der Waals surface area contributed by atoms with Crippen LogP contribution in [0.3, 0.4) is 0 Å². The molecule has 2 aliphatic rings. The van der Waals surface area contributed by atoms with Gasteiger partial charge < -0.3 is 19.5 Å². The highest BCUT2D eigenvalue weighted by atomic mass is 35.5. The molecule has 7 rings (SSSR count). The molecule has 0 aliphatic carbocycles. The van der Waals surface area contributed by atoms with E-state index in [1.165, 1.54) is 17.0 Å². The van der Waals surface area contributed by atoms with Crippen molar-refractivity contribution >= 4 is 50.9 Å². The molecule has 0 radical (unpaired) electrons. The van der Waals surface area contributed by atoms with Crippen LogP contribution < -0.4 is 21.5 Å². The normalized spacial score (nSPS) is 17.5. The zero-order valence-corrected chi connectivity index (χ0v) is 28.9. The Labute approximate surface area is 286 Å². The second-order valence-corrected chi connectivity index (χ2v) is 13.9. The summed E-state index contributed by atoms with van der Waals surface area (Å²) in [6, 6.07) is 4.69. The first-order valence-corrected chi connectivity index (χ1v) is 16.7. The van der Waals surface area contributed by atoms with Crippen molar-refractivity contribution in [2.45, 2.75) is 65.5 Å². The number of aromatic amines is 1. The van der Waals surface area contributed by atoms with Gasteiger partial charge in [0, 0.05) is 42.2 Å². The van der Waals surface area contributed by atoms with Gasteiger partial charge in [-0.2, -0.15) is 0 Å². The summed E-state index contributed by atoms with van der Waals surface area (Å²) in [7, 11) is 0. The van der Waals surface area contributed by atoms with Crippen LogP contribution in [0.4, 0.5) is 15.8 Å². The van der Waals surface area contributed by atoms with Crippen LogP contribution in [-0.4, -0.2) is 62.0 Å². The van der Waals surface area contributed by atoms with Gasteiger partial charge in [0.25, 0.3) is 5.56 Å². The molecule has 0 saturated carbocycles. The van der Waals surface area contributed by atoms with E-state index in [2.05, 4.69) is 31.7 Å². The van der Waals surface area contributed by atoms with Crippen molar-refractivity contribution in [2.24, 2.45) is 0 Å². The molecule has 3 aromatic heterocycles. The minimum Gasteiger partial charge on any atom is -0.407 e. The number of H-pyrrole nitrogens is 1. The van der Waals surface area contributed by atoms with Gasteiger partial charge in [0.05, 0.1) is 44.9 Å². The molecular formula is C36H37ClFN7O4. The number of nitrogens with zero attached hydrogens (tertiary/aromatic N) is 5. The van der Waals surface area contributed by atoms with Gasteiger partial charge in [-0.1, -0.05) is 51.9 Å². The van der Waals surface area contributed by atoms with E-state index in [0.717, 1.165) is 0 Å². The predicted molar refractivity (Wildman–Crippen MR) is 190 cm³/mol. The van der Waals surface area contributed by atoms with E-state index in [0.29, 0.717) is 70.1 Å². The molecule has 1 fully saturated rings. The van der Waals surface area contributed by atoms with E-state index in [1.807, 2.05) is 34.6 Å². The van der Waals surface area contributed by atoms with E-state index in [4.69, 9.17) is 16.0 Å². The summed E-state index contributed by atoms with van der Waals surface area (Å²) < 4.78 is 24.8. The molecular weight excluding hydrogens is 649 g/mol. The first kappa shape index (κ1) is 32.6. The lowest BCUT2D eigenvalue weighted by molar-refractivity contribution is -0.128. The van der Waals surface area contributed by atoms with Gasteiger partial charge in [-0.25, -0.2) is 19.2 Å². The average molecular weight is 686 g/mol. The number of piperazine rings is 1. The highest BCUT2D eigenvalue weighted by Crippen LogP contribution is 2.46. The molecule has 13 heteroatoms. The zero-order valence-electron chi connectivity index (χ0n) is 28.1. The Balaban J connectivity index is 1.64. The molecule has 1 saturated heterocycles. The molecule has 2 aliphatic heterocycles. The lowest BCUT2D eigenvalue weighted by atomic mass is 9.94. The second-order valence-electron chi connectivity index (χ2n) is 13.5. The van der Waals surface area contributed by atoms with Crippen LogP contribution in [-0.2, 0) is 4.79 Å². The average Bonchev–Trinajstić information content (AvgIpc) is 3.45. The van der Waals surface area contributed by atoms with E-state index in [9.17, 15) is 14.4 Å². The Bertz CT molecular complexity index is 2300. The molecule has 49 heavy (non-hydrogen) atoms. The minimum atomic E-state index is -0.759. The van der Waals surface area contributed by atoms with E-state index < -0.39 is 17.1 Å². The number of anilines is 2. The maximum Gasteiger partial charge on any atom is 0.417 e. The Morgan fingerprint density at radius 2 is 1.80 bits per heavy atom. The summed E-state index contributed by atoms with van der Waals surface area (Å²) in [6.45, 7) is 16.4. The topological polar surface area (TPSA) is 129 Å². The summed E-state index contributed by atoms with van der Waals surface area (Å²) in [5.74, 6) is -1.89. The van der Waals surface area contributed by atoms with E-state index in [1.54, 1.807) is 30.0 Å². The monoisotopic (exact) mass is 685 g/mol. The lowest BCUT2D eigenvalue weighted by Crippen LogP contribution is -2.62. The van der Waals surface area contributed by atoms with Crippen LogP contribution >= 0.6 is 11.6 Å². The molecule has 2 aromatic carbocycles. The number of carbonyl (C=O) groups is 1. The third kappa shape index (κ3) is 4.95. The Morgan fingerprint density at radius 1 is 1.10 bits per heavy atom. The summed E-state index contributed by atoms with van der Waals surface area (Å²) in [5.41, 5.74) is 3.39. The van der Waals surface area contributed by atoms with Crippen molar-refractivity contribution in [3.63, 3.8) is 0 Å². The number of benzene rings is 2. The standard InChI is InChI=1S/C36H37ClFN7O4/c1-8-24(46)43-14-20-12-39-30-32(44(20)13-19(43)7)21-11-22(37)26(25-18(6)9-10-23-34(25)49-36(48)42-23)27(38)31(21)45(35(30)47)33-28(16(2)3)40-15-41-29(33)17(4)5/h8-11,15-17,19-20,39H,1,12-14H2,2-7H3,(H,42,48).